The van der Waals surface area contributed by atoms with Crippen LogP contribution >= 0.6 is 15.9 Å². The van der Waals surface area contributed by atoms with E-state index in [-0.39, 0.29) is 16.4 Å². The highest BCUT2D eigenvalue weighted by atomic mass is 79.9. The van der Waals surface area contributed by atoms with Gasteiger partial charge in [0, 0.05) is 6.20 Å². The molecule has 0 bridgehead atoms. The fraction of sp³-hybridized carbons (Fsp3) is 0. The van der Waals surface area contributed by atoms with Crippen molar-refractivity contribution in [1.82, 2.24) is 4.98 Å². The second-order valence-corrected chi connectivity index (χ2v) is 5.98. The van der Waals surface area contributed by atoms with Crippen LogP contribution < -0.4 is 10.5 Å². The Morgan fingerprint density at radius 2 is 1.89 bits per heavy atom. The Morgan fingerprint density at radius 3 is 2.56 bits per heavy atom. The zero-order chi connectivity index (χ0) is 13.2. The molecule has 0 amide bonds. The number of hydrogen-bond donors (Lipinski definition) is 2. The van der Waals surface area contributed by atoms with Crippen LogP contribution in [0.3, 0.4) is 0 Å². The molecule has 1 aromatic carbocycles. The van der Waals surface area contributed by atoms with Gasteiger partial charge in [0.2, 0.25) is 0 Å². The van der Waals surface area contributed by atoms with Crippen molar-refractivity contribution in [3.63, 3.8) is 0 Å². The average molecular weight is 328 g/mol. The van der Waals surface area contributed by atoms with Crippen LogP contribution in [0.15, 0.2) is 52.0 Å². The van der Waals surface area contributed by atoms with Crippen LogP contribution in [0.5, 0.6) is 0 Å². The van der Waals surface area contributed by atoms with Gasteiger partial charge in [-0.25, -0.2) is 13.4 Å². The lowest BCUT2D eigenvalue weighted by atomic mass is 10.3. The topological polar surface area (TPSA) is 85.1 Å². The molecule has 0 aliphatic rings. The first kappa shape index (κ1) is 12.8. The first-order chi connectivity index (χ1) is 8.50. The SMILES string of the molecule is Nc1ccccc1S(=O)(=O)Nc1ncccc1Br. The van der Waals surface area contributed by atoms with E-state index in [1.165, 1.54) is 18.3 Å². The Bertz CT molecular complexity index is 673. The van der Waals surface area contributed by atoms with Gasteiger partial charge in [0.1, 0.15) is 4.90 Å². The molecule has 7 heteroatoms. The maximum Gasteiger partial charge on any atom is 0.265 e. The number of nitrogens with one attached hydrogen (secondary N) is 1. The summed E-state index contributed by atoms with van der Waals surface area (Å²) in [7, 11) is -3.73. The van der Waals surface area contributed by atoms with Crippen molar-refractivity contribution in [2.24, 2.45) is 0 Å². The zero-order valence-corrected chi connectivity index (χ0v) is 11.6. The summed E-state index contributed by atoms with van der Waals surface area (Å²) in [5, 5.41) is 0. The molecule has 0 saturated carbocycles. The average Bonchev–Trinajstić information content (AvgIpc) is 2.32. The summed E-state index contributed by atoms with van der Waals surface area (Å²) in [6.45, 7) is 0. The Kier molecular flexibility index (Phi) is 3.53. The van der Waals surface area contributed by atoms with Crippen molar-refractivity contribution in [2.45, 2.75) is 4.90 Å². The van der Waals surface area contributed by atoms with Crippen LogP contribution in [0.2, 0.25) is 0 Å². The Hall–Kier alpha value is -1.60. The molecular formula is C11H10BrN3O2S. The lowest BCUT2D eigenvalue weighted by molar-refractivity contribution is 0.601. The molecule has 0 radical (unpaired) electrons. The Balaban J connectivity index is 2.40. The number of anilines is 2. The van der Waals surface area contributed by atoms with Gasteiger partial charge < -0.3 is 5.73 Å². The van der Waals surface area contributed by atoms with E-state index in [0.29, 0.717) is 4.47 Å². The van der Waals surface area contributed by atoms with E-state index < -0.39 is 10.0 Å². The number of halogens is 1. The molecule has 0 aliphatic carbocycles. The smallest absolute Gasteiger partial charge is 0.265 e. The van der Waals surface area contributed by atoms with E-state index >= 15 is 0 Å². The minimum atomic E-state index is -3.73. The number of nitrogen functional groups attached to an aromatic ring is 1. The van der Waals surface area contributed by atoms with Gasteiger partial charge in [-0.1, -0.05) is 12.1 Å². The highest BCUT2D eigenvalue weighted by molar-refractivity contribution is 9.10. The number of nitrogens with two attached hydrogens (primary N) is 1. The number of sulfonamides is 1. The number of benzene rings is 1. The highest BCUT2D eigenvalue weighted by Crippen LogP contribution is 2.24. The molecule has 1 heterocycles. The van der Waals surface area contributed by atoms with E-state index in [0.717, 1.165) is 0 Å². The molecule has 0 atom stereocenters. The standard InChI is InChI=1S/C11H10BrN3O2S/c12-8-4-3-7-14-11(8)15-18(16,17)10-6-2-1-5-9(10)13/h1-7H,13H2,(H,14,15). The number of aromatic nitrogens is 1. The van der Waals surface area contributed by atoms with Crippen LogP contribution in [0, 0.1) is 0 Å². The van der Waals surface area contributed by atoms with Crippen molar-refractivity contribution in [2.75, 3.05) is 10.5 Å². The fourth-order valence-electron chi connectivity index (χ4n) is 1.37. The van der Waals surface area contributed by atoms with Crippen molar-refractivity contribution in [1.29, 1.82) is 0 Å². The molecular weight excluding hydrogens is 318 g/mol. The highest BCUT2D eigenvalue weighted by Gasteiger charge is 2.18. The van der Waals surface area contributed by atoms with Crippen LogP contribution in [0.4, 0.5) is 11.5 Å². The lowest BCUT2D eigenvalue weighted by Crippen LogP contribution is -2.15. The summed E-state index contributed by atoms with van der Waals surface area (Å²) in [4.78, 5) is 3.97. The normalized spacial score (nSPS) is 11.2. The van der Waals surface area contributed by atoms with Crippen LogP contribution in [-0.4, -0.2) is 13.4 Å². The van der Waals surface area contributed by atoms with Gasteiger partial charge in [0.25, 0.3) is 10.0 Å². The minimum absolute atomic E-state index is 0.0301. The number of rotatable bonds is 3. The molecule has 0 spiro atoms. The molecule has 0 unspecified atom stereocenters. The molecule has 0 saturated heterocycles. The third kappa shape index (κ3) is 2.62. The second-order valence-electron chi connectivity index (χ2n) is 3.48. The molecule has 0 aliphatic heterocycles. The van der Waals surface area contributed by atoms with Crippen molar-refractivity contribution in [3.05, 3.63) is 47.1 Å². The van der Waals surface area contributed by atoms with Gasteiger partial charge in [0.05, 0.1) is 10.2 Å². The van der Waals surface area contributed by atoms with E-state index in [9.17, 15) is 8.42 Å². The lowest BCUT2D eigenvalue weighted by Gasteiger charge is -2.10. The van der Waals surface area contributed by atoms with Crippen LogP contribution in [0.25, 0.3) is 0 Å². The monoisotopic (exact) mass is 327 g/mol. The molecule has 2 rings (SSSR count). The number of hydrogen-bond acceptors (Lipinski definition) is 4. The van der Waals surface area contributed by atoms with Gasteiger partial charge in [-0.2, -0.15) is 0 Å². The third-order valence-electron chi connectivity index (χ3n) is 2.20. The summed E-state index contributed by atoms with van der Waals surface area (Å²) >= 11 is 3.22. The third-order valence-corrected chi connectivity index (χ3v) is 4.25. The summed E-state index contributed by atoms with van der Waals surface area (Å²) in [5.74, 6) is 0.223. The van der Waals surface area contributed by atoms with Gasteiger partial charge in [-0.05, 0) is 40.2 Å². The van der Waals surface area contributed by atoms with Gasteiger partial charge in [-0.3, -0.25) is 4.72 Å². The zero-order valence-electron chi connectivity index (χ0n) is 9.17. The molecule has 5 nitrogen and oxygen atoms in total. The van der Waals surface area contributed by atoms with Crippen molar-refractivity contribution in [3.8, 4) is 0 Å². The maximum absolute atomic E-state index is 12.1. The molecule has 1 aromatic heterocycles. The van der Waals surface area contributed by atoms with E-state index in [1.807, 2.05) is 0 Å². The second kappa shape index (κ2) is 4.95. The van der Waals surface area contributed by atoms with E-state index in [2.05, 4.69) is 25.6 Å². The van der Waals surface area contributed by atoms with Gasteiger partial charge >= 0.3 is 0 Å². The first-order valence-electron chi connectivity index (χ1n) is 4.98. The first-order valence-corrected chi connectivity index (χ1v) is 7.26. The summed E-state index contributed by atoms with van der Waals surface area (Å²) < 4.78 is 27.2. The van der Waals surface area contributed by atoms with Gasteiger partial charge in [0.15, 0.2) is 5.82 Å². The van der Waals surface area contributed by atoms with Crippen LogP contribution in [0.1, 0.15) is 0 Å². The van der Waals surface area contributed by atoms with Gasteiger partial charge in [-0.15, -0.1) is 0 Å². The number of pyridine rings is 1. The quantitative estimate of drug-likeness (QED) is 0.846. The van der Waals surface area contributed by atoms with Crippen molar-refractivity contribution < 1.29 is 8.42 Å². The summed E-state index contributed by atoms with van der Waals surface area (Å²) in [6.07, 6.45) is 1.50. The molecule has 18 heavy (non-hydrogen) atoms. The fourth-order valence-corrected chi connectivity index (χ4v) is 3.02. The largest absolute Gasteiger partial charge is 0.398 e. The molecule has 2 aromatic rings. The Morgan fingerprint density at radius 1 is 1.17 bits per heavy atom. The number of para-hydroxylation sites is 1. The summed E-state index contributed by atoms with van der Waals surface area (Å²) in [5.41, 5.74) is 5.84. The minimum Gasteiger partial charge on any atom is -0.398 e. The van der Waals surface area contributed by atoms with Crippen LogP contribution in [-0.2, 0) is 10.0 Å². The molecule has 0 fully saturated rings. The van der Waals surface area contributed by atoms with E-state index in [4.69, 9.17) is 5.73 Å². The van der Waals surface area contributed by atoms with E-state index in [1.54, 1.807) is 24.3 Å². The number of nitrogens with zero attached hydrogens (tertiary/aromatic N) is 1. The predicted octanol–water partition coefficient (Wildman–Crippen LogP) is 2.23. The molecule has 94 valence electrons. The van der Waals surface area contributed by atoms with Crippen molar-refractivity contribution >= 4 is 37.5 Å². The Labute approximate surface area is 113 Å². The predicted molar refractivity (Wildman–Crippen MR) is 73.6 cm³/mol. The molecule has 3 N–H and O–H groups in total. The summed E-state index contributed by atoms with van der Waals surface area (Å²) in [6, 6.07) is 9.64. The maximum atomic E-state index is 12.1.